The lowest BCUT2D eigenvalue weighted by atomic mass is 10.0. The second kappa shape index (κ2) is 5.72. The maximum Gasteiger partial charge on any atom is 0.203 e. The Morgan fingerprint density at radius 2 is 2.00 bits per heavy atom. The van der Waals surface area contributed by atoms with E-state index in [-0.39, 0.29) is 0 Å². The molecule has 98 valence electrons. The summed E-state index contributed by atoms with van der Waals surface area (Å²) in [5.41, 5.74) is 5.27. The molecule has 1 heterocycles. The Hall–Kier alpha value is -1.39. The van der Waals surface area contributed by atoms with Gasteiger partial charge in [0.15, 0.2) is 0 Å². The zero-order chi connectivity index (χ0) is 13.1. The van der Waals surface area contributed by atoms with Crippen molar-refractivity contribution in [3.63, 3.8) is 0 Å². The molecule has 0 spiro atoms. The van der Waals surface area contributed by atoms with Gasteiger partial charge in [0.1, 0.15) is 0 Å². The van der Waals surface area contributed by atoms with Crippen molar-refractivity contribution in [2.24, 2.45) is 5.10 Å². The molecule has 0 bridgehead atoms. The molecule has 19 heavy (non-hydrogen) atoms. The van der Waals surface area contributed by atoms with Gasteiger partial charge in [-0.2, -0.15) is 5.10 Å². The zero-order valence-corrected chi connectivity index (χ0v) is 12.0. The molecule has 1 aromatic carbocycles. The largest absolute Gasteiger partial charge is 0.253 e. The van der Waals surface area contributed by atoms with Crippen molar-refractivity contribution in [2.75, 3.05) is 5.43 Å². The third kappa shape index (κ3) is 3.14. The van der Waals surface area contributed by atoms with Crippen LogP contribution in [-0.4, -0.2) is 11.2 Å². The molecular weight excluding hydrogens is 278 g/mol. The second-order valence-corrected chi connectivity index (χ2v) is 6.04. The molecular formula is C14H14ClN3S. The maximum atomic E-state index is 5.83. The van der Waals surface area contributed by atoms with Gasteiger partial charge in [0.05, 0.1) is 11.9 Å². The Labute approximate surface area is 121 Å². The SMILES string of the molecule is Clc1ccc(/C=N/Nc2nc3c(s2)CCCC3)cc1. The standard InChI is InChI=1S/C14H14ClN3S/c15-11-7-5-10(6-8-11)9-16-18-14-17-12-3-1-2-4-13(12)19-14/h5-9H,1-4H2,(H,17,18)/b16-9+. The third-order valence-corrected chi connectivity index (χ3v) is 4.40. The number of aromatic nitrogens is 1. The van der Waals surface area contributed by atoms with Gasteiger partial charge in [-0.3, -0.25) is 5.43 Å². The van der Waals surface area contributed by atoms with Crippen LogP contribution in [0.15, 0.2) is 29.4 Å². The molecule has 0 amide bonds. The molecule has 1 aliphatic rings. The fraction of sp³-hybridized carbons (Fsp3) is 0.286. The van der Waals surface area contributed by atoms with E-state index in [9.17, 15) is 0 Å². The van der Waals surface area contributed by atoms with Crippen LogP contribution in [0.3, 0.4) is 0 Å². The number of hydrogen-bond donors (Lipinski definition) is 1. The number of benzene rings is 1. The maximum absolute atomic E-state index is 5.83. The molecule has 0 saturated heterocycles. The van der Waals surface area contributed by atoms with Crippen molar-refractivity contribution in [3.05, 3.63) is 45.4 Å². The Bertz CT molecular complexity index is 566. The summed E-state index contributed by atoms with van der Waals surface area (Å²) in [6.45, 7) is 0. The molecule has 1 N–H and O–H groups in total. The Morgan fingerprint density at radius 1 is 1.21 bits per heavy atom. The highest BCUT2D eigenvalue weighted by molar-refractivity contribution is 7.15. The lowest BCUT2D eigenvalue weighted by Gasteiger charge is -2.06. The molecule has 3 nitrogen and oxygen atoms in total. The van der Waals surface area contributed by atoms with Crippen LogP contribution in [-0.2, 0) is 12.8 Å². The highest BCUT2D eigenvalue weighted by atomic mass is 35.5. The first-order valence-electron chi connectivity index (χ1n) is 6.34. The van der Waals surface area contributed by atoms with Crippen LogP contribution in [0.5, 0.6) is 0 Å². The van der Waals surface area contributed by atoms with Crippen LogP contribution in [0, 0.1) is 0 Å². The van der Waals surface area contributed by atoms with Gasteiger partial charge in [0, 0.05) is 9.90 Å². The van der Waals surface area contributed by atoms with Crippen LogP contribution in [0.1, 0.15) is 29.0 Å². The number of halogens is 1. The number of hydrazone groups is 1. The molecule has 5 heteroatoms. The molecule has 3 rings (SSSR count). The molecule has 2 aromatic rings. The van der Waals surface area contributed by atoms with E-state index in [2.05, 4.69) is 15.5 Å². The van der Waals surface area contributed by atoms with E-state index in [0.717, 1.165) is 28.6 Å². The third-order valence-electron chi connectivity index (χ3n) is 3.09. The summed E-state index contributed by atoms with van der Waals surface area (Å²) in [6.07, 6.45) is 6.58. The van der Waals surface area contributed by atoms with Crippen LogP contribution < -0.4 is 5.43 Å². The van der Waals surface area contributed by atoms with Crippen molar-refractivity contribution >= 4 is 34.3 Å². The highest BCUT2D eigenvalue weighted by Crippen LogP contribution is 2.29. The summed E-state index contributed by atoms with van der Waals surface area (Å²) in [4.78, 5) is 5.98. The van der Waals surface area contributed by atoms with Crippen LogP contribution >= 0.6 is 22.9 Å². The number of nitrogens with one attached hydrogen (secondary N) is 1. The Morgan fingerprint density at radius 3 is 2.79 bits per heavy atom. The van der Waals surface area contributed by atoms with E-state index >= 15 is 0 Å². The first kappa shape index (κ1) is 12.6. The van der Waals surface area contributed by atoms with Crippen molar-refractivity contribution in [2.45, 2.75) is 25.7 Å². The van der Waals surface area contributed by atoms with Gasteiger partial charge in [-0.15, -0.1) is 11.3 Å². The summed E-state index contributed by atoms with van der Waals surface area (Å²) in [5.74, 6) is 0. The molecule has 1 aliphatic carbocycles. The summed E-state index contributed by atoms with van der Waals surface area (Å²) in [7, 11) is 0. The van der Waals surface area contributed by atoms with Gasteiger partial charge in [-0.05, 0) is 43.4 Å². The predicted molar refractivity (Wildman–Crippen MR) is 81.4 cm³/mol. The van der Waals surface area contributed by atoms with Gasteiger partial charge in [0.2, 0.25) is 5.13 Å². The predicted octanol–water partition coefficient (Wildman–Crippen LogP) is 4.12. The summed E-state index contributed by atoms with van der Waals surface area (Å²) in [5, 5.41) is 5.84. The van der Waals surface area contributed by atoms with Gasteiger partial charge in [0.25, 0.3) is 0 Å². The minimum atomic E-state index is 0.734. The van der Waals surface area contributed by atoms with E-state index in [1.165, 1.54) is 23.4 Å². The van der Waals surface area contributed by atoms with Crippen molar-refractivity contribution < 1.29 is 0 Å². The summed E-state index contributed by atoms with van der Waals surface area (Å²) in [6, 6.07) is 7.57. The minimum Gasteiger partial charge on any atom is -0.253 e. The molecule has 0 aliphatic heterocycles. The molecule has 0 saturated carbocycles. The number of anilines is 1. The van der Waals surface area contributed by atoms with Crippen LogP contribution in [0.2, 0.25) is 5.02 Å². The van der Waals surface area contributed by atoms with E-state index < -0.39 is 0 Å². The molecule has 0 atom stereocenters. The lowest BCUT2D eigenvalue weighted by molar-refractivity contribution is 0.682. The molecule has 0 radical (unpaired) electrons. The van der Waals surface area contributed by atoms with Crippen LogP contribution in [0.4, 0.5) is 5.13 Å². The first-order valence-corrected chi connectivity index (χ1v) is 7.54. The summed E-state index contributed by atoms with van der Waals surface area (Å²) >= 11 is 7.55. The number of nitrogens with zero attached hydrogens (tertiary/aromatic N) is 2. The molecule has 0 fully saturated rings. The lowest BCUT2D eigenvalue weighted by Crippen LogP contribution is -1.99. The van der Waals surface area contributed by atoms with E-state index in [1.807, 2.05) is 24.3 Å². The molecule has 0 unspecified atom stereocenters. The Kier molecular flexibility index (Phi) is 3.80. The number of rotatable bonds is 3. The van der Waals surface area contributed by atoms with Gasteiger partial charge in [-0.25, -0.2) is 4.98 Å². The molecule has 1 aromatic heterocycles. The fourth-order valence-electron chi connectivity index (χ4n) is 2.11. The monoisotopic (exact) mass is 291 g/mol. The van der Waals surface area contributed by atoms with E-state index in [0.29, 0.717) is 0 Å². The number of thiazole rings is 1. The average Bonchev–Trinajstić information content (AvgIpc) is 2.83. The van der Waals surface area contributed by atoms with Gasteiger partial charge in [-0.1, -0.05) is 23.7 Å². The number of fused-ring (bicyclic) bond motifs is 1. The topological polar surface area (TPSA) is 37.3 Å². The van der Waals surface area contributed by atoms with Crippen molar-refractivity contribution in [1.82, 2.24) is 4.98 Å². The summed E-state index contributed by atoms with van der Waals surface area (Å²) < 4.78 is 0. The van der Waals surface area contributed by atoms with E-state index in [4.69, 9.17) is 11.6 Å². The quantitative estimate of drug-likeness (QED) is 0.682. The number of hydrogen-bond acceptors (Lipinski definition) is 4. The highest BCUT2D eigenvalue weighted by Gasteiger charge is 2.14. The smallest absolute Gasteiger partial charge is 0.203 e. The first-order chi connectivity index (χ1) is 9.31. The van der Waals surface area contributed by atoms with Crippen molar-refractivity contribution in [3.8, 4) is 0 Å². The zero-order valence-electron chi connectivity index (χ0n) is 10.4. The van der Waals surface area contributed by atoms with E-state index in [1.54, 1.807) is 17.6 Å². The minimum absolute atomic E-state index is 0.734. The van der Waals surface area contributed by atoms with Gasteiger partial charge < -0.3 is 0 Å². The van der Waals surface area contributed by atoms with Crippen molar-refractivity contribution in [1.29, 1.82) is 0 Å². The second-order valence-electron chi connectivity index (χ2n) is 4.52. The van der Waals surface area contributed by atoms with Crippen LogP contribution in [0.25, 0.3) is 0 Å². The number of aryl methyl sites for hydroxylation is 2. The Balaban J connectivity index is 1.65. The normalized spacial score (nSPS) is 14.6. The van der Waals surface area contributed by atoms with Gasteiger partial charge >= 0.3 is 0 Å². The fourth-order valence-corrected chi connectivity index (χ4v) is 3.24. The average molecular weight is 292 g/mol.